The smallest absolute Gasteiger partial charge is 0.232 e. The maximum atomic E-state index is 8.84. The molecule has 0 amide bonds. The molecule has 1 rings (SSSR count). The van der Waals surface area contributed by atoms with Gasteiger partial charge in [-0.1, -0.05) is 18.5 Å². The van der Waals surface area contributed by atoms with Gasteiger partial charge in [0.15, 0.2) is 0 Å². The summed E-state index contributed by atoms with van der Waals surface area (Å²) in [5.41, 5.74) is 0.687. The molecule has 1 N–H and O–H groups in total. The van der Waals surface area contributed by atoms with Crippen LogP contribution in [-0.2, 0) is 6.61 Å². The standard InChI is InChI=1S/C10H14ClNO2/c1-3-7(2)14-10-9(11)4-8(6-13)5-12-10/h4-5,7,13H,3,6H2,1-2H3. The van der Waals surface area contributed by atoms with Gasteiger partial charge in [-0.25, -0.2) is 4.98 Å². The summed E-state index contributed by atoms with van der Waals surface area (Å²) in [5.74, 6) is 0.429. The summed E-state index contributed by atoms with van der Waals surface area (Å²) < 4.78 is 5.47. The largest absolute Gasteiger partial charge is 0.474 e. The van der Waals surface area contributed by atoms with Crippen LogP contribution in [0.4, 0.5) is 0 Å². The SMILES string of the molecule is CCC(C)Oc1ncc(CO)cc1Cl. The predicted octanol–water partition coefficient (Wildman–Crippen LogP) is 2.40. The molecule has 0 aromatic carbocycles. The van der Waals surface area contributed by atoms with Gasteiger partial charge in [-0.2, -0.15) is 0 Å². The van der Waals surface area contributed by atoms with Gasteiger partial charge in [0.05, 0.1) is 12.7 Å². The molecule has 1 atom stereocenters. The highest BCUT2D eigenvalue weighted by Gasteiger charge is 2.07. The van der Waals surface area contributed by atoms with Crippen LogP contribution in [0.2, 0.25) is 5.02 Å². The molecule has 0 aliphatic carbocycles. The number of hydrogen-bond donors (Lipinski definition) is 1. The van der Waals surface area contributed by atoms with Gasteiger partial charge in [0.2, 0.25) is 5.88 Å². The molecule has 0 aliphatic heterocycles. The van der Waals surface area contributed by atoms with Gasteiger partial charge in [-0.05, 0) is 25.0 Å². The number of rotatable bonds is 4. The van der Waals surface area contributed by atoms with Crippen molar-refractivity contribution in [2.45, 2.75) is 33.0 Å². The first-order valence-electron chi connectivity index (χ1n) is 4.59. The molecule has 14 heavy (non-hydrogen) atoms. The minimum atomic E-state index is -0.0592. The third-order valence-electron chi connectivity index (χ3n) is 1.93. The number of pyridine rings is 1. The number of aromatic nitrogens is 1. The maximum Gasteiger partial charge on any atom is 0.232 e. The Labute approximate surface area is 88.7 Å². The summed E-state index contributed by atoms with van der Waals surface area (Å²) in [6.45, 7) is 3.93. The highest BCUT2D eigenvalue weighted by atomic mass is 35.5. The van der Waals surface area contributed by atoms with Gasteiger partial charge >= 0.3 is 0 Å². The van der Waals surface area contributed by atoms with E-state index in [9.17, 15) is 0 Å². The lowest BCUT2D eigenvalue weighted by molar-refractivity contribution is 0.208. The second-order valence-electron chi connectivity index (χ2n) is 3.13. The second kappa shape index (κ2) is 5.17. The number of aliphatic hydroxyl groups excluding tert-OH is 1. The van der Waals surface area contributed by atoms with Crippen LogP contribution in [0.15, 0.2) is 12.3 Å². The van der Waals surface area contributed by atoms with E-state index in [2.05, 4.69) is 4.98 Å². The highest BCUT2D eigenvalue weighted by Crippen LogP contribution is 2.23. The van der Waals surface area contributed by atoms with E-state index >= 15 is 0 Å². The van der Waals surface area contributed by atoms with Crippen molar-refractivity contribution in [3.8, 4) is 5.88 Å². The fourth-order valence-corrected chi connectivity index (χ4v) is 1.15. The van der Waals surface area contributed by atoms with Crippen molar-refractivity contribution in [1.29, 1.82) is 0 Å². The van der Waals surface area contributed by atoms with Gasteiger partial charge in [0, 0.05) is 6.20 Å². The summed E-state index contributed by atoms with van der Waals surface area (Å²) in [6.07, 6.45) is 2.56. The molecule has 78 valence electrons. The second-order valence-corrected chi connectivity index (χ2v) is 3.53. The van der Waals surface area contributed by atoms with E-state index in [1.54, 1.807) is 12.3 Å². The number of aliphatic hydroxyl groups is 1. The zero-order valence-electron chi connectivity index (χ0n) is 8.33. The van der Waals surface area contributed by atoms with E-state index in [4.69, 9.17) is 21.4 Å². The molecule has 0 bridgehead atoms. The van der Waals surface area contributed by atoms with Crippen LogP contribution in [0, 0.1) is 0 Å². The molecular weight excluding hydrogens is 202 g/mol. The van der Waals surface area contributed by atoms with Gasteiger partial charge in [-0.3, -0.25) is 0 Å². The quantitative estimate of drug-likeness (QED) is 0.839. The van der Waals surface area contributed by atoms with Crippen LogP contribution in [0.3, 0.4) is 0 Å². The van der Waals surface area contributed by atoms with Crippen molar-refractivity contribution in [2.75, 3.05) is 0 Å². The van der Waals surface area contributed by atoms with E-state index in [0.717, 1.165) is 6.42 Å². The van der Waals surface area contributed by atoms with E-state index in [-0.39, 0.29) is 12.7 Å². The predicted molar refractivity (Wildman–Crippen MR) is 55.6 cm³/mol. The van der Waals surface area contributed by atoms with Crippen LogP contribution < -0.4 is 4.74 Å². The average molecular weight is 216 g/mol. The molecule has 1 aromatic rings. The lowest BCUT2D eigenvalue weighted by atomic mass is 10.3. The van der Waals surface area contributed by atoms with Crippen LogP contribution in [0.25, 0.3) is 0 Å². The third-order valence-corrected chi connectivity index (χ3v) is 2.21. The van der Waals surface area contributed by atoms with E-state index < -0.39 is 0 Å². The van der Waals surface area contributed by atoms with Crippen molar-refractivity contribution in [1.82, 2.24) is 4.98 Å². The minimum absolute atomic E-state index is 0.0592. The van der Waals surface area contributed by atoms with Gasteiger partial charge in [-0.15, -0.1) is 0 Å². The Kier molecular flexibility index (Phi) is 4.17. The molecule has 0 aliphatic rings. The first-order chi connectivity index (χ1) is 6.67. The summed E-state index contributed by atoms with van der Waals surface area (Å²) >= 11 is 5.91. The fourth-order valence-electron chi connectivity index (χ4n) is 0.912. The fraction of sp³-hybridized carbons (Fsp3) is 0.500. The summed E-state index contributed by atoms with van der Waals surface area (Å²) in [4.78, 5) is 4.02. The Hall–Kier alpha value is -0.800. The molecule has 1 unspecified atom stereocenters. The molecule has 1 heterocycles. The van der Waals surface area contributed by atoms with Crippen LogP contribution in [0.1, 0.15) is 25.8 Å². The number of nitrogens with zero attached hydrogens (tertiary/aromatic N) is 1. The summed E-state index contributed by atoms with van der Waals surface area (Å²) in [6, 6.07) is 1.66. The number of halogens is 1. The summed E-state index contributed by atoms with van der Waals surface area (Å²) in [5, 5.41) is 9.28. The molecule has 4 heteroatoms. The molecule has 0 spiro atoms. The molecule has 0 saturated heterocycles. The number of hydrogen-bond acceptors (Lipinski definition) is 3. The minimum Gasteiger partial charge on any atom is -0.474 e. The van der Waals surface area contributed by atoms with Crippen LogP contribution in [-0.4, -0.2) is 16.2 Å². The van der Waals surface area contributed by atoms with Crippen molar-refractivity contribution >= 4 is 11.6 Å². The Balaban J connectivity index is 2.78. The Morgan fingerprint density at radius 2 is 2.36 bits per heavy atom. The first-order valence-corrected chi connectivity index (χ1v) is 4.97. The van der Waals surface area contributed by atoms with Crippen molar-refractivity contribution < 1.29 is 9.84 Å². The Morgan fingerprint density at radius 1 is 1.64 bits per heavy atom. The Morgan fingerprint density at radius 3 is 2.86 bits per heavy atom. The first kappa shape index (κ1) is 11.3. The number of ether oxygens (including phenoxy) is 1. The molecule has 1 aromatic heterocycles. The normalized spacial score (nSPS) is 12.6. The zero-order valence-corrected chi connectivity index (χ0v) is 9.08. The van der Waals surface area contributed by atoms with Gasteiger partial charge in [0.25, 0.3) is 0 Å². The maximum absolute atomic E-state index is 8.84. The molecular formula is C10H14ClNO2. The Bertz CT molecular complexity index is 304. The van der Waals surface area contributed by atoms with Crippen LogP contribution in [0.5, 0.6) is 5.88 Å². The van der Waals surface area contributed by atoms with E-state index in [1.807, 2.05) is 13.8 Å². The molecule has 0 radical (unpaired) electrons. The molecule has 3 nitrogen and oxygen atoms in total. The monoisotopic (exact) mass is 215 g/mol. The van der Waals surface area contributed by atoms with Crippen molar-refractivity contribution in [3.63, 3.8) is 0 Å². The lowest BCUT2D eigenvalue weighted by Gasteiger charge is -2.12. The van der Waals surface area contributed by atoms with E-state index in [0.29, 0.717) is 16.5 Å². The molecule has 0 saturated carbocycles. The lowest BCUT2D eigenvalue weighted by Crippen LogP contribution is -2.11. The topological polar surface area (TPSA) is 42.4 Å². The van der Waals surface area contributed by atoms with Crippen LogP contribution >= 0.6 is 11.6 Å². The summed E-state index contributed by atoms with van der Waals surface area (Å²) in [7, 11) is 0. The highest BCUT2D eigenvalue weighted by molar-refractivity contribution is 6.31. The third kappa shape index (κ3) is 2.86. The van der Waals surface area contributed by atoms with E-state index in [1.165, 1.54) is 0 Å². The van der Waals surface area contributed by atoms with Gasteiger partial charge in [0.1, 0.15) is 5.02 Å². The van der Waals surface area contributed by atoms with Crippen molar-refractivity contribution in [2.24, 2.45) is 0 Å². The van der Waals surface area contributed by atoms with Crippen molar-refractivity contribution in [3.05, 3.63) is 22.8 Å². The average Bonchev–Trinajstić information content (AvgIpc) is 2.20. The van der Waals surface area contributed by atoms with Gasteiger partial charge < -0.3 is 9.84 Å². The zero-order chi connectivity index (χ0) is 10.6. The molecule has 0 fully saturated rings.